The van der Waals surface area contributed by atoms with Gasteiger partial charge in [0.15, 0.2) is 0 Å². The molecule has 0 aromatic rings. The van der Waals surface area contributed by atoms with Gasteiger partial charge in [0.05, 0.1) is 6.61 Å². The second kappa shape index (κ2) is 10.6. The average Bonchev–Trinajstić information content (AvgIpc) is 2.70. The molecular weight excluding hydrogens is 236 g/mol. The Balaban J connectivity index is 2.21. The Morgan fingerprint density at radius 3 is 2.42 bits per heavy atom. The standard InChI is InChI=1S/C16H34N2O/c1-4-15(2)18(13-14-19-3)12-11-17-16-9-7-5-6-8-10-16/h15-17H,4-14H2,1-3H3. The molecule has 19 heavy (non-hydrogen) atoms. The fourth-order valence-electron chi connectivity index (χ4n) is 2.92. The minimum Gasteiger partial charge on any atom is -0.383 e. The molecule has 0 amide bonds. The van der Waals surface area contributed by atoms with Crippen molar-refractivity contribution in [2.24, 2.45) is 0 Å². The maximum absolute atomic E-state index is 5.22. The van der Waals surface area contributed by atoms with E-state index in [0.717, 1.165) is 32.3 Å². The third-order valence-corrected chi connectivity index (χ3v) is 4.48. The summed E-state index contributed by atoms with van der Waals surface area (Å²) in [5.41, 5.74) is 0. The SMILES string of the molecule is CCC(C)N(CCNC1CCCCCC1)CCOC. The first kappa shape index (κ1) is 16.9. The van der Waals surface area contributed by atoms with Gasteiger partial charge in [-0.1, -0.05) is 32.6 Å². The summed E-state index contributed by atoms with van der Waals surface area (Å²) in [6, 6.07) is 1.43. The number of methoxy groups -OCH3 is 1. The molecule has 0 aliphatic heterocycles. The van der Waals surface area contributed by atoms with Gasteiger partial charge in [0.2, 0.25) is 0 Å². The fraction of sp³-hybridized carbons (Fsp3) is 1.00. The zero-order valence-corrected chi connectivity index (χ0v) is 13.3. The van der Waals surface area contributed by atoms with Gasteiger partial charge < -0.3 is 10.1 Å². The van der Waals surface area contributed by atoms with E-state index < -0.39 is 0 Å². The van der Waals surface area contributed by atoms with Gasteiger partial charge in [0, 0.05) is 38.8 Å². The Hall–Kier alpha value is -0.120. The minimum absolute atomic E-state index is 0.658. The molecule has 1 saturated carbocycles. The molecule has 1 unspecified atom stereocenters. The quantitative estimate of drug-likeness (QED) is 0.652. The van der Waals surface area contributed by atoms with Crippen LogP contribution in [0.4, 0.5) is 0 Å². The Bertz CT molecular complexity index is 203. The van der Waals surface area contributed by atoms with E-state index in [9.17, 15) is 0 Å². The lowest BCUT2D eigenvalue weighted by Crippen LogP contribution is -2.42. The fourth-order valence-corrected chi connectivity index (χ4v) is 2.92. The molecule has 0 saturated heterocycles. The van der Waals surface area contributed by atoms with Gasteiger partial charge in [-0.3, -0.25) is 4.90 Å². The normalized spacial score (nSPS) is 19.6. The van der Waals surface area contributed by atoms with E-state index in [1.54, 1.807) is 7.11 Å². The highest BCUT2D eigenvalue weighted by molar-refractivity contribution is 4.73. The van der Waals surface area contributed by atoms with Crippen LogP contribution in [0.5, 0.6) is 0 Å². The van der Waals surface area contributed by atoms with Crippen molar-refractivity contribution in [2.75, 3.05) is 33.4 Å². The first-order valence-corrected chi connectivity index (χ1v) is 8.24. The molecule has 1 fully saturated rings. The Labute approximate surface area is 120 Å². The molecule has 1 aliphatic rings. The predicted molar refractivity (Wildman–Crippen MR) is 82.7 cm³/mol. The molecular formula is C16H34N2O. The van der Waals surface area contributed by atoms with Crippen molar-refractivity contribution in [3.05, 3.63) is 0 Å². The number of nitrogens with zero attached hydrogens (tertiary/aromatic N) is 1. The summed E-state index contributed by atoms with van der Waals surface area (Å²) in [4.78, 5) is 2.55. The van der Waals surface area contributed by atoms with Crippen molar-refractivity contribution in [3.63, 3.8) is 0 Å². The predicted octanol–water partition coefficient (Wildman–Crippen LogP) is 3.05. The van der Waals surface area contributed by atoms with Gasteiger partial charge in [0.1, 0.15) is 0 Å². The van der Waals surface area contributed by atoms with Gasteiger partial charge in [-0.2, -0.15) is 0 Å². The van der Waals surface area contributed by atoms with Crippen molar-refractivity contribution in [3.8, 4) is 0 Å². The Kier molecular flexibility index (Phi) is 9.48. The molecule has 0 spiro atoms. The van der Waals surface area contributed by atoms with E-state index in [0.29, 0.717) is 6.04 Å². The molecule has 1 aliphatic carbocycles. The van der Waals surface area contributed by atoms with Crippen LogP contribution in [0.1, 0.15) is 58.8 Å². The maximum Gasteiger partial charge on any atom is 0.0589 e. The van der Waals surface area contributed by atoms with Gasteiger partial charge in [-0.25, -0.2) is 0 Å². The topological polar surface area (TPSA) is 24.5 Å². The molecule has 0 bridgehead atoms. The lowest BCUT2D eigenvalue weighted by Gasteiger charge is -2.29. The van der Waals surface area contributed by atoms with Crippen molar-refractivity contribution >= 4 is 0 Å². The van der Waals surface area contributed by atoms with Crippen LogP contribution in [0, 0.1) is 0 Å². The summed E-state index contributed by atoms with van der Waals surface area (Å²) in [5.74, 6) is 0. The van der Waals surface area contributed by atoms with Crippen LogP contribution in [0.3, 0.4) is 0 Å². The van der Waals surface area contributed by atoms with Crippen LogP contribution in [0.2, 0.25) is 0 Å². The number of rotatable bonds is 9. The van der Waals surface area contributed by atoms with Crippen LogP contribution in [-0.4, -0.2) is 50.3 Å². The molecule has 1 atom stereocenters. The van der Waals surface area contributed by atoms with Crippen LogP contribution >= 0.6 is 0 Å². The molecule has 3 heteroatoms. The zero-order valence-electron chi connectivity index (χ0n) is 13.3. The number of ether oxygens (including phenoxy) is 1. The zero-order chi connectivity index (χ0) is 13.9. The van der Waals surface area contributed by atoms with Crippen LogP contribution in [0.25, 0.3) is 0 Å². The highest BCUT2D eigenvalue weighted by Crippen LogP contribution is 2.17. The molecule has 0 radical (unpaired) electrons. The molecule has 1 rings (SSSR count). The first-order chi connectivity index (χ1) is 9.27. The van der Waals surface area contributed by atoms with Gasteiger partial charge in [-0.15, -0.1) is 0 Å². The maximum atomic E-state index is 5.22. The van der Waals surface area contributed by atoms with Crippen LogP contribution in [-0.2, 0) is 4.74 Å². The Morgan fingerprint density at radius 1 is 1.16 bits per heavy atom. The lowest BCUT2D eigenvalue weighted by atomic mass is 10.1. The highest BCUT2D eigenvalue weighted by Gasteiger charge is 2.14. The van der Waals surface area contributed by atoms with Crippen molar-refractivity contribution in [2.45, 2.75) is 70.9 Å². The van der Waals surface area contributed by atoms with Crippen LogP contribution < -0.4 is 5.32 Å². The number of nitrogens with one attached hydrogen (secondary N) is 1. The van der Waals surface area contributed by atoms with Crippen molar-refractivity contribution in [1.82, 2.24) is 10.2 Å². The summed E-state index contributed by atoms with van der Waals surface area (Å²) in [6.45, 7) is 8.75. The third-order valence-electron chi connectivity index (χ3n) is 4.48. The van der Waals surface area contributed by atoms with Crippen LogP contribution in [0.15, 0.2) is 0 Å². The van der Waals surface area contributed by atoms with E-state index in [2.05, 4.69) is 24.1 Å². The summed E-state index contributed by atoms with van der Waals surface area (Å²) in [7, 11) is 1.79. The largest absolute Gasteiger partial charge is 0.383 e. The van der Waals surface area contributed by atoms with E-state index >= 15 is 0 Å². The summed E-state index contributed by atoms with van der Waals surface area (Å²) >= 11 is 0. The lowest BCUT2D eigenvalue weighted by molar-refractivity contribution is 0.122. The molecule has 0 aromatic heterocycles. The first-order valence-electron chi connectivity index (χ1n) is 8.24. The second-order valence-corrected chi connectivity index (χ2v) is 5.93. The summed E-state index contributed by atoms with van der Waals surface area (Å²) in [6.07, 6.45) is 9.67. The van der Waals surface area contributed by atoms with E-state index in [-0.39, 0.29) is 0 Å². The third kappa shape index (κ3) is 7.28. The van der Waals surface area contributed by atoms with Gasteiger partial charge in [0.25, 0.3) is 0 Å². The van der Waals surface area contributed by atoms with Crippen molar-refractivity contribution < 1.29 is 4.74 Å². The second-order valence-electron chi connectivity index (χ2n) is 5.93. The van der Waals surface area contributed by atoms with Crippen molar-refractivity contribution in [1.29, 1.82) is 0 Å². The number of hydrogen-bond acceptors (Lipinski definition) is 3. The molecule has 1 N–H and O–H groups in total. The molecule has 0 aromatic carbocycles. The molecule has 114 valence electrons. The monoisotopic (exact) mass is 270 g/mol. The molecule has 3 nitrogen and oxygen atoms in total. The molecule has 0 heterocycles. The highest BCUT2D eigenvalue weighted by atomic mass is 16.5. The van der Waals surface area contributed by atoms with E-state index in [1.165, 1.54) is 44.9 Å². The van der Waals surface area contributed by atoms with Gasteiger partial charge in [-0.05, 0) is 26.2 Å². The summed E-state index contributed by atoms with van der Waals surface area (Å²) < 4.78 is 5.22. The minimum atomic E-state index is 0.658. The Morgan fingerprint density at radius 2 is 1.84 bits per heavy atom. The summed E-state index contributed by atoms with van der Waals surface area (Å²) in [5, 5.41) is 3.76. The number of hydrogen-bond donors (Lipinski definition) is 1. The van der Waals surface area contributed by atoms with E-state index in [4.69, 9.17) is 4.74 Å². The van der Waals surface area contributed by atoms with E-state index in [1.807, 2.05) is 0 Å². The smallest absolute Gasteiger partial charge is 0.0589 e. The van der Waals surface area contributed by atoms with Gasteiger partial charge >= 0.3 is 0 Å². The average molecular weight is 270 g/mol.